The molecule has 0 radical (unpaired) electrons. The molecule has 2 atom stereocenters. The van der Waals surface area contributed by atoms with Crippen molar-refractivity contribution in [3.63, 3.8) is 0 Å². The summed E-state index contributed by atoms with van der Waals surface area (Å²) < 4.78 is 5.73. The second kappa shape index (κ2) is 8.97. The number of ether oxygens (including phenoxy) is 1. The lowest BCUT2D eigenvalue weighted by Gasteiger charge is -2.35. The number of nitrogens with zero attached hydrogens (tertiary/aromatic N) is 4. The highest BCUT2D eigenvalue weighted by Crippen LogP contribution is 2.19. The first-order valence-corrected chi connectivity index (χ1v) is 9.84. The first-order chi connectivity index (χ1) is 12.5. The number of nitrogens with one attached hydrogen (secondary N) is 1. The van der Waals surface area contributed by atoms with Gasteiger partial charge in [-0.15, -0.1) is 0 Å². The lowest BCUT2D eigenvalue weighted by Crippen LogP contribution is -2.47. The molecule has 1 amide bonds. The van der Waals surface area contributed by atoms with Gasteiger partial charge < -0.3 is 15.0 Å². The number of carbonyl (C=O) groups excluding carboxylic acids is 1. The number of amides is 1. The average molecular weight is 382 g/mol. The molecule has 0 bridgehead atoms. The molecule has 2 aliphatic heterocycles. The van der Waals surface area contributed by atoms with Gasteiger partial charge >= 0.3 is 0 Å². The molecule has 144 valence electrons. The van der Waals surface area contributed by atoms with Crippen molar-refractivity contribution in [3.05, 3.63) is 16.9 Å². The molecule has 0 aliphatic carbocycles. The van der Waals surface area contributed by atoms with Gasteiger partial charge in [0, 0.05) is 39.3 Å². The summed E-state index contributed by atoms with van der Waals surface area (Å²) in [6, 6.07) is 0. The molecule has 1 N–H and O–H groups in total. The Hall–Kier alpha value is -1.44. The van der Waals surface area contributed by atoms with E-state index in [1.807, 2.05) is 0 Å². The third-order valence-electron chi connectivity index (χ3n) is 4.79. The Labute approximate surface area is 160 Å². The van der Waals surface area contributed by atoms with Crippen molar-refractivity contribution in [3.8, 4) is 0 Å². The quantitative estimate of drug-likeness (QED) is 0.840. The van der Waals surface area contributed by atoms with E-state index in [1.54, 1.807) is 0 Å². The zero-order chi connectivity index (χ0) is 18.5. The molecule has 1 aromatic heterocycles. The van der Waals surface area contributed by atoms with E-state index in [-0.39, 0.29) is 28.8 Å². The van der Waals surface area contributed by atoms with Crippen LogP contribution < -0.4 is 10.2 Å². The molecule has 3 rings (SSSR count). The molecular formula is C18H28ClN5O2. The molecule has 0 spiro atoms. The van der Waals surface area contributed by atoms with E-state index < -0.39 is 0 Å². The Kier molecular flexibility index (Phi) is 6.67. The largest absolute Gasteiger partial charge is 0.373 e. The van der Waals surface area contributed by atoms with Crippen LogP contribution in [-0.4, -0.2) is 72.3 Å². The van der Waals surface area contributed by atoms with Gasteiger partial charge in [0.2, 0.25) is 5.95 Å². The van der Waals surface area contributed by atoms with Crippen molar-refractivity contribution in [2.75, 3.05) is 44.2 Å². The van der Waals surface area contributed by atoms with E-state index in [4.69, 9.17) is 16.3 Å². The average Bonchev–Trinajstić information content (AvgIpc) is 2.62. The molecule has 1 aromatic rings. The normalized spacial score (nSPS) is 24.5. The van der Waals surface area contributed by atoms with Crippen LogP contribution in [0, 0.1) is 0 Å². The van der Waals surface area contributed by atoms with E-state index in [0.717, 1.165) is 45.6 Å². The van der Waals surface area contributed by atoms with Gasteiger partial charge in [0.1, 0.15) is 0 Å². The summed E-state index contributed by atoms with van der Waals surface area (Å²) in [5, 5.41) is 3.22. The molecule has 3 heterocycles. The highest BCUT2D eigenvalue weighted by molar-refractivity contribution is 6.33. The lowest BCUT2D eigenvalue weighted by molar-refractivity contribution is -0.0672. The van der Waals surface area contributed by atoms with Crippen LogP contribution in [0.3, 0.4) is 0 Å². The van der Waals surface area contributed by atoms with Crippen LogP contribution in [0.2, 0.25) is 5.02 Å². The molecular weight excluding hydrogens is 354 g/mol. The monoisotopic (exact) mass is 381 g/mol. The van der Waals surface area contributed by atoms with Crippen LogP contribution in [0.25, 0.3) is 0 Å². The Morgan fingerprint density at radius 2 is 1.96 bits per heavy atom. The van der Waals surface area contributed by atoms with Gasteiger partial charge in [0.25, 0.3) is 5.91 Å². The molecule has 2 fully saturated rings. The second-order valence-corrected chi connectivity index (χ2v) is 7.59. The van der Waals surface area contributed by atoms with Crippen LogP contribution in [0.15, 0.2) is 6.20 Å². The zero-order valence-electron chi connectivity index (χ0n) is 15.6. The van der Waals surface area contributed by atoms with Gasteiger partial charge in [0.15, 0.2) is 5.69 Å². The number of piperidine rings is 1. The fourth-order valence-corrected chi connectivity index (χ4v) is 3.82. The van der Waals surface area contributed by atoms with Crippen molar-refractivity contribution in [2.24, 2.45) is 0 Å². The minimum atomic E-state index is -0.245. The molecule has 2 aliphatic rings. The van der Waals surface area contributed by atoms with E-state index in [0.29, 0.717) is 12.5 Å². The molecule has 8 heteroatoms. The van der Waals surface area contributed by atoms with Gasteiger partial charge in [-0.2, -0.15) is 0 Å². The van der Waals surface area contributed by atoms with E-state index >= 15 is 0 Å². The number of hydrogen-bond donors (Lipinski definition) is 1. The van der Waals surface area contributed by atoms with Gasteiger partial charge in [-0.1, -0.05) is 11.6 Å². The standard InChI is InChI=1S/C18H28ClN5O2/c1-13-11-23(12-14(2)26-13)9-6-20-17(25)16-15(19)10-21-18(22-16)24-7-4-3-5-8-24/h10,13-14H,3-9,11-12H2,1-2H3,(H,20,25). The molecule has 2 saturated heterocycles. The summed E-state index contributed by atoms with van der Waals surface area (Å²) >= 11 is 6.16. The van der Waals surface area contributed by atoms with Gasteiger partial charge in [-0.05, 0) is 33.1 Å². The maximum Gasteiger partial charge on any atom is 0.271 e. The van der Waals surface area contributed by atoms with Crippen molar-refractivity contribution >= 4 is 23.5 Å². The maximum absolute atomic E-state index is 12.5. The smallest absolute Gasteiger partial charge is 0.271 e. The predicted octanol–water partition coefficient (Wildman–Crippen LogP) is 1.96. The first-order valence-electron chi connectivity index (χ1n) is 9.46. The lowest BCUT2D eigenvalue weighted by atomic mass is 10.1. The summed E-state index contributed by atoms with van der Waals surface area (Å²) in [5.41, 5.74) is 0.256. The minimum absolute atomic E-state index is 0.220. The number of halogens is 1. The third kappa shape index (κ3) is 5.05. The summed E-state index contributed by atoms with van der Waals surface area (Å²) in [5.74, 6) is 0.347. The number of hydrogen-bond acceptors (Lipinski definition) is 6. The summed E-state index contributed by atoms with van der Waals surface area (Å²) in [7, 11) is 0. The summed E-state index contributed by atoms with van der Waals surface area (Å²) in [6.45, 7) is 9.10. The van der Waals surface area contributed by atoms with Crippen LogP contribution in [0.1, 0.15) is 43.6 Å². The Bertz CT molecular complexity index is 614. The number of rotatable bonds is 5. The van der Waals surface area contributed by atoms with Gasteiger partial charge in [-0.3, -0.25) is 9.69 Å². The fraction of sp³-hybridized carbons (Fsp3) is 0.722. The topological polar surface area (TPSA) is 70.6 Å². The highest BCUT2D eigenvalue weighted by Gasteiger charge is 2.22. The van der Waals surface area contributed by atoms with Gasteiger partial charge in [-0.25, -0.2) is 9.97 Å². The van der Waals surface area contributed by atoms with E-state index in [9.17, 15) is 4.79 Å². The van der Waals surface area contributed by atoms with Crippen LogP contribution in [-0.2, 0) is 4.74 Å². The number of morpholine rings is 1. The maximum atomic E-state index is 12.5. The Balaban J connectivity index is 1.55. The van der Waals surface area contributed by atoms with Crippen LogP contribution >= 0.6 is 11.6 Å². The molecule has 0 aromatic carbocycles. The molecule has 0 saturated carbocycles. The number of aromatic nitrogens is 2. The molecule has 7 nitrogen and oxygen atoms in total. The Morgan fingerprint density at radius 1 is 1.27 bits per heavy atom. The predicted molar refractivity (Wildman–Crippen MR) is 102 cm³/mol. The fourth-order valence-electron chi connectivity index (χ4n) is 3.64. The van der Waals surface area contributed by atoms with E-state index in [1.165, 1.54) is 12.6 Å². The van der Waals surface area contributed by atoms with Crippen molar-refractivity contribution < 1.29 is 9.53 Å². The first kappa shape index (κ1) is 19.3. The van der Waals surface area contributed by atoms with Crippen molar-refractivity contribution in [2.45, 2.75) is 45.3 Å². The summed E-state index contributed by atoms with van der Waals surface area (Å²) in [4.78, 5) is 25.7. The Morgan fingerprint density at radius 3 is 2.65 bits per heavy atom. The highest BCUT2D eigenvalue weighted by atomic mass is 35.5. The van der Waals surface area contributed by atoms with Crippen molar-refractivity contribution in [1.29, 1.82) is 0 Å². The van der Waals surface area contributed by atoms with Crippen LogP contribution in [0.5, 0.6) is 0 Å². The molecule has 26 heavy (non-hydrogen) atoms. The van der Waals surface area contributed by atoms with Crippen molar-refractivity contribution in [1.82, 2.24) is 20.2 Å². The minimum Gasteiger partial charge on any atom is -0.373 e. The number of anilines is 1. The number of carbonyl (C=O) groups is 1. The molecule has 2 unspecified atom stereocenters. The second-order valence-electron chi connectivity index (χ2n) is 7.19. The van der Waals surface area contributed by atoms with Crippen LogP contribution in [0.4, 0.5) is 5.95 Å². The zero-order valence-corrected chi connectivity index (χ0v) is 16.3. The SMILES string of the molecule is CC1CN(CCNC(=O)c2nc(N3CCCCC3)ncc2Cl)CC(C)O1. The van der Waals surface area contributed by atoms with Gasteiger partial charge in [0.05, 0.1) is 23.4 Å². The summed E-state index contributed by atoms with van der Waals surface area (Å²) in [6.07, 6.45) is 5.46. The van der Waals surface area contributed by atoms with E-state index in [2.05, 4.69) is 38.9 Å². The third-order valence-corrected chi connectivity index (χ3v) is 5.07.